The molecule has 0 radical (unpaired) electrons. The number of aliphatic hydroxyl groups is 1. The third kappa shape index (κ3) is 4.47. The van der Waals surface area contributed by atoms with Gasteiger partial charge in [0, 0.05) is 18.2 Å². The van der Waals surface area contributed by atoms with E-state index in [1.165, 1.54) is 0 Å². The number of allylic oxidation sites excluding steroid dienone is 1. The summed E-state index contributed by atoms with van der Waals surface area (Å²) in [4.78, 5) is 0. The highest BCUT2D eigenvalue weighted by Gasteiger charge is 2.08. The average molecular weight is 220 g/mol. The molecule has 0 spiro atoms. The van der Waals surface area contributed by atoms with Crippen LogP contribution in [0.15, 0.2) is 42.1 Å². The molecule has 0 fully saturated rings. The molecule has 3 heteroatoms. The Balaban J connectivity index is 2.45. The van der Waals surface area contributed by atoms with Gasteiger partial charge in [-0.25, -0.2) is 0 Å². The number of hydrogen-bond acceptors (Lipinski definition) is 3. The Morgan fingerprint density at radius 3 is 2.62 bits per heavy atom. The quantitative estimate of drug-likeness (QED) is 0.664. The van der Waals surface area contributed by atoms with E-state index < -0.39 is 6.23 Å². The first-order valence-corrected chi connectivity index (χ1v) is 5.51. The van der Waals surface area contributed by atoms with E-state index in [2.05, 4.69) is 5.32 Å². The second-order valence-corrected chi connectivity index (χ2v) is 4.00. The summed E-state index contributed by atoms with van der Waals surface area (Å²) in [6.45, 7) is 3.84. The number of nitrogens with two attached hydrogens (primary N) is 1. The molecule has 0 amide bonds. The molecule has 0 aliphatic carbocycles. The van der Waals surface area contributed by atoms with Crippen molar-refractivity contribution in [2.75, 3.05) is 0 Å². The fraction of sp³-hybridized carbons (Fsp3) is 0.385. The van der Waals surface area contributed by atoms with Crippen LogP contribution in [-0.2, 0) is 0 Å². The maximum absolute atomic E-state index is 9.72. The summed E-state index contributed by atoms with van der Waals surface area (Å²) in [5, 5.41) is 12.8. The van der Waals surface area contributed by atoms with Crippen LogP contribution in [0.1, 0.15) is 31.9 Å². The van der Waals surface area contributed by atoms with E-state index in [0.29, 0.717) is 6.42 Å². The SMILES string of the molecule is C/C(N)=C\CC(O)N[C@H](C)c1ccccc1. The van der Waals surface area contributed by atoms with Crippen LogP contribution in [0.5, 0.6) is 0 Å². The molecule has 0 heterocycles. The summed E-state index contributed by atoms with van der Waals surface area (Å²) in [6.07, 6.45) is 1.78. The Morgan fingerprint density at radius 1 is 1.44 bits per heavy atom. The molecule has 3 nitrogen and oxygen atoms in total. The minimum atomic E-state index is -0.561. The largest absolute Gasteiger partial charge is 0.403 e. The second-order valence-electron chi connectivity index (χ2n) is 4.00. The molecule has 1 rings (SSSR count). The summed E-state index contributed by atoms with van der Waals surface area (Å²) in [6, 6.07) is 10.2. The van der Waals surface area contributed by atoms with Gasteiger partial charge in [0.15, 0.2) is 0 Å². The minimum absolute atomic E-state index is 0.127. The lowest BCUT2D eigenvalue weighted by Crippen LogP contribution is -2.30. The minimum Gasteiger partial charge on any atom is -0.403 e. The van der Waals surface area contributed by atoms with E-state index >= 15 is 0 Å². The lowest BCUT2D eigenvalue weighted by molar-refractivity contribution is 0.127. The fourth-order valence-electron chi connectivity index (χ4n) is 1.49. The van der Waals surface area contributed by atoms with Crippen molar-refractivity contribution in [3.63, 3.8) is 0 Å². The van der Waals surface area contributed by atoms with Crippen LogP contribution >= 0.6 is 0 Å². The Morgan fingerprint density at radius 2 is 2.06 bits per heavy atom. The maximum atomic E-state index is 9.72. The molecule has 16 heavy (non-hydrogen) atoms. The number of rotatable bonds is 5. The second kappa shape index (κ2) is 6.30. The van der Waals surface area contributed by atoms with Gasteiger partial charge in [-0.05, 0) is 19.4 Å². The molecule has 0 aliphatic rings. The molecule has 0 aliphatic heterocycles. The molecule has 0 saturated carbocycles. The van der Waals surface area contributed by atoms with Gasteiger partial charge in [-0.3, -0.25) is 5.32 Å². The van der Waals surface area contributed by atoms with Crippen LogP contribution in [-0.4, -0.2) is 11.3 Å². The molecule has 0 saturated heterocycles. The highest BCUT2D eigenvalue weighted by Crippen LogP contribution is 2.12. The molecule has 0 bridgehead atoms. The first-order chi connectivity index (χ1) is 7.59. The third-order valence-corrected chi connectivity index (χ3v) is 2.41. The Kier molecular flexibility index (Phi) is 5.02. The summed E-state index contributed by atoms with van der Waals surface area (Å²) in [5.74, 6) is 0. The summed E-state index contributed by atoms with van der Waals surface area (Å²) in [7, 11) is 0. The van der Waals surface area contributed by atoms with Crippen molar-refractivity contribution in [2.45, 2.75) is 32.5 Å². The van der Waals surface area contributed by atoms with E-state index in [1.807, 2.05) is 50.3 Å². The van der Waals surface area contributed by atoms with Crippen LogP contribution in [0.4, 0.5) is 0 Å². The van der Waals surface area contributed by atoms with Gasteiger partial charge in [0.1, 0.15) is 6.23 Å². The smallest absolute Gasteiger partial charge is 0.108 e. The van der Waals surface area contributed by atoms with Crippen LogP contribution in [0, 0.1) is 0 Å². The van der Waals surface area contributed by atoms with Crippen molar-refractivity contribution in [1.29, 1.82) is 0 Å². The van der Waals surface area contributed by atoms with Crippen LogP contribution in [0.25, 0.3) is 0 Å². The van der Waals surface area contributed by atoms with Crippen molar-refractivity contribution >= 4 is 0 Å². The summed E-state index contributed by atoms with van der Waals surface area (Å²) in [5.41, 5.74) is 7.40. The van der Waals surface area contributed by atoms with Crippen LogP contribution < -0.4 is 11.1 Å². The number of hydrogen-bond donors (Lipinski definition) is 3. The molecule has 88 valence electrons. The van der Waals surface area contributed by atoms with E-state index in [9.17, 15) is 5.11 Å². The molecule has 2 atom stereocenters. The zero-order valence-electron chi connectivity index (χ0n) is 9.85. The highest BCUT2D eigenvalue weighted by atomic mass is 16.3. The summed E-state index contributed by atoms with van der Waals surface area (Å²) < 4.78 is 0. The van der Waals surface area contributed by atoms with Gasteiger partial charge >= 0.3 is 0 Å². The van der Waals surface area contributed by atoms with Gasteiger partial charge in [0.2, 0.25) is 0 Å². The highest BCUT2D eigenvalue weighted by molar-refractivity contribution is 5.18. The van der Waals surface area contributed by atoms with Crippen LogP contribution in [0.3, 0.4) is 0 Å². The topological polar surface area (TPSA) is 58.3 Å². The normalized spacial score (nSPS) is 15.8. The average Bonchev–Trinajstić information content (AvgIpc) is 2.27. The zero-order valence-corrected chi connectivity index (χ0v) is 9.85. The molecule has 0 aromatic heterocycles. The molecule has 4 N–H and O–H groups in total. The standard InChI is InChI=1S/C13H20N2O/c1-10(14)8-9-13(16)15-11(2)12-6-4-3-5-7-12/h3-8,11,13,15-16H,9,14H2,1-2H3/b10-8+/t11-,13?/m1/s1. The van der Waals surface area contributed by atoms with E-state index in [1.54, 1.807) is 0 Å². The van der Waals surface area contributed by atoms with Gasteiger partial charge < -0.3 is 10.8 Å². The maximum Gasteiger partial charge on any atom is 0.108 e. The Labute approximate surface area is 97.0 Å². The van der Waals surface area contributed by atoms with Crippen molar-refractivity contribution < 1.29 is 5.11 Å². The van der Waals surface area contributed by atoms with Gasteiger partial charge in [-0.1, -0.05) is 36.4 Å². The zero-order chi connectivity index (χ0) is 12.0. The number of aliphatic hydroxyl groups excluding tert-OH is 1. The van der Waals surface area contributed by atoms with Crippen molar-refractivity contribution in [1.82, 2.24) is 5.32 Å². The fourth-order valence-corrected chi connectivity index (χ4v) is 1.49. The van der Waals surface area contributed by atoms with Crippen molar-refractivity contribution in [3.8, 4) is 0 Å². The van der Waals surface area contributed by atoms with Crippen LogP contribution in [0.2, 0.25) is 0 Å². The Bertz CT molecular complexity index is 331. The first-order valence-electron chi connectivity index (χ1n) is 5.51. The molecular weight excluding hydrogens is 200 g/mol. The van der Waals surface area contributed by atoms with Crippen molar-refractivity contribution in [2.24, 2.45) is 5.73 Å². The number of benzene rings is 1. The predicted octanol–water partition coefficient (Wildman–Crippen LogP) is 1.91. The molecular formula is C13H20N2O. The lowest BCUT2D eigenvalue weighted by atomic mass is 10.1. The monoisotopic (exact) mass is 220 g/mol. The van der Waals surface area contributed by atoms with Gasteiger partial charge in [-0.2, -0.15) is 0 Å². The summed E-state index contributed by atoms with van der Waals surface area (Å²) >= 11 is 0. The molecule has 1 aromatic rings. The van der Waals surface area contributed by atoms with Gasteiger partial charge in [0.25, 0.3) is 0 Å². The predicted molar refractivity (Wildman–Crippen MR) is 66.6 cm³/mol. The van der Waals surface area contributed by atoms with Gasteiger partial charge in [0.05, 0.1) is 0 Å². The van der Waals surface area contributed by atoms with E-state index in [0.717, 1.165) is 11.3 Å². The number of nitrogens with one attached hydrogen (secondary N) is 1. The van der Waals surface area contributed by atoms with E-state index in [4.69, 9.17) is 5.73 Å². The molecule has 1 unspecified atom stereocenters. The lowest BCUT2D eigenvalue weighted by Gasteiger charge is -2.18. The first kappa shape index (κ1) is 12.7. The van der Waals surface area contributed by atoms with E-state index in [-0.39, 0.29) is 6.04 Å². The third-order valence-electron chi connectivity index (χ3n) is 2.41. The Hall–Kier alpha value is -1.32. The molecule has 1 aromatic carbocycles. The van der Waals surface area contributed by atoms with Crippen molar-refractivity contribution in [3.05, 3.63) is 47.7 Å². The van der Waals surface area contributed by atoms with Gasteiger partial charge in [-0.15, -0.1) is 0 Å².